The van der Waals surface area contributed by atoms with Gasteiger partial charge in [0, 0.05) is 25.7 Å². The number of hydrogen-bond donors (Lipinski definition) is 0. The lowest BCUT2D eigenvalue weighted by atomic mass is 10.0. The van der Waals surface area contributed by atoms with Crippen LogP contribution >= 0.6 is 0 Å². The summed E-state index contributed by atoms with van der Waals surface area (Å²) < 4.78 is 19.0. The van der Waals surface area contributed by atoms with Crippen LogP contribution < -0.4 is 0 Å². The summed E-state index contributed by atoms with van der Waals surface area (Å²) in [6.45, 7) is 9.24. The molecule has 4 aliphatic heterocycles. The SMILES string of the molecule is CC1CCC(=O)O1.CC1CCC(=O)OC1.CC1CCCC(=O)O1.CC1CCOC(=O)C1. The molecule has 0 spiro atoms. The average Bonchev–Trinajstić information content (AvgIpc) is 3.08. The maximum Gasteiger partial charge on any atom is 0.306 e. The summed E-state index contributed by atoms with van der Waals surface area (Å²) in [5.41, 5.74) is 0. The molecule has 0 amide bonds. The van der Waals surface area contributed by atoms with Gasteiger partial charge in [0.25, 0.3) is 0 Å². The first-order valence-corrected chi connectivity index (χ1v) is 11.4. The van der Waals surface area contributed by atoms with Gasteiger partial charge in [-0.1, -0.05) is 13.8 Å². The second-order valence-corrected chi connectivity index (χ2v) is 8.68. The summed E-state index contributed by atoms with van der Waals surface area (Å²) in [6, 6.07) is 0. The average molecular weight is 443 g/mol. The minimum Gasteiger partial charge on any atom is -0.466 e. The van der Waals surface area contributed by atoms with Crippen LogP contribution in [0.4, 0.5) is 0 Å². The van der Waals surface area contributed by atoms with Gasteiger partial charge in [-0.15, -0.1) is 0 Å². The van der Waals surface area contributed by atoms with Crippen molar-refractivity contribution in [3.05, 3.63) is 0 Å². The molecule has 178 valence electrons. The van der Waals surface area contributed by atoms with Gasteiger partial charge in [0.2, 0.25) is 0 Å². The standard InChI is InChI=1S/3C6H10O2.C5H8O2/c1-5-2-3-8-6(7)4-5;1-5-2-3-6(7)8-4-5;1-5-3-2-4-6(7)8-5;1-4-2-3-5(6)7-4/h3*5H,2-4H2,1H3;4H,2-3H2,1H3. The van der Waals surface area contributed by atoms with Crippen LogP contribution in [0, 0.1) is 11.8 Å². The molecular formula is C23H38O8. The Balaban J connectivity index is 0.000000207. The molecule has 8 nitrogen and oxygen atoms in total. The first-order chi connectivity index (χ1) is 14.7. The van der Waals surface area contributed by atoms with Crippen LogP contribution in [-0.2, 0) is 38.1 Å². The van der Waals surface area contributed by atoms with Gasteiger partial charge in [0.1, 0.15) is 0 Å². The summed E-state index contributed by atoms with van der Waals surface area (Å²) in [7, 11) is 0. The third kappa shape index (κ3) is 13.7. The fourth-order valence-corrected chi connectivity index (χ4v) is 3.11. The molecule has 4 saturated heterocycles. The Morgan fingerprint density at radius 3 is 1.55 bits per heavy atom. The van der Waals surface area contributed by atoms with E-state index in [0.29, 0.717) is 50.7 Å². The molecule has 31 heavy (non-hydrogen) atoms. The van der Waals surface area contributed by atoms with Gasteiger partial charge in [0.05, 0.1) is 25.4 Å². The summed E-state index contributed by atoms with van der Waals surface area (Å²) in [5, 5.41) is 0. The van der Waals surface area contributed by atoms with Gasteiger partial charge >= 0.3 is 23.9 Å². The van der Waals surface area contributed by atoms with Crippen LogP contribution in [0.3, 0.4) is 0 Å². The highest BCUT2D eigenvalue weighted by atomic mass is 16.6. The second-order valence-electron chi connectivity index (χ2n) is 8.68. The quantitative estimate of drug-likeness (QED) is 0.413. The first-order valence-electron chi connectivity index (χ1n) is 11.4. The number of hydrogen-bond acceptors (Lipinski definition) is 8. The predicted octanol–water partition coefficient (Wildman–Crippen LogP) is 3.73. The molecule has 4 fully saturated rings. The Bertz CT molecular complexity index is 552. The maximum atomic E-state index is 10.5. The van der Waals surface area contributed by atoms with Crippen LogP contribution in [0.2, 0.25) is 0 Å². The molecule has 0 bridgehead atoms. The van der Waals surface area contributed by atoms with Gasteiger partial charge in [0.15, 0.2) is 0 Å². The molecular weight excluding hydrogens is 404 g/mol. The Kier molecular flexibility index (Phi) is 12.9. The zero-order valence-corrected chi connectivity index (χ0v) is 19.4. The van der Waals surface area contributed by atoms with E-state index in [4.69, 9.17) is 18.9 Å². The van der Waals surface area contributed by atoms with Crippen molar-refractivity contribution in [3.63, 3.8) is 0 Å². The number of carbonyl (C=O) groups is 4. The van der Waals surface area contributed by atoms with E-state index in [-0.39, 0.29) is 36.1 Å². The lowest BCUT2D eigenvalue weighted by molar-refractivity contribution is -0.152. The third-order valence-electron chi connectivity index (χ3n) is 5.17. The van der Waals surface area contributed by atoms with Crippen molar-refractivity contribution in [1.29, 1.82) is 0 Å². The van der Waals surface area contributed by atoms with Gasteiger partial charge in [-0.05, 0) is 57.8 Å². The summed E-state index contributed by atoms with van der Waals surface area (Å²) in [6.07, 6.45) is 7.76. The van der Waals surface area contributed by atoms with Crippen molar-refractivity contribution in [3.8, 4) is 0 Å². The molecule has 0 aliphatic carbocycles. The smallest absolute Gasteiger partial charge is 0.306 e. The van der Waals surface area contributed by atoms with Gasteiger partial charge in [-0.25, -0.2) is 0 Å². The lowest BCUT2D eigenvalue weighted by Gasteiger charge is -2.17. The minimum absolute atomic E-state index is 0.0382. The molecule has 4 aliphatic rings. The van der Waals surface area contributed by atoms with E-state index in [1.165, 1.54) is 0 Å². The molecule has 4 unspecified atom stereocenters. The Labute approximate surface area is 185 Å². The summed E-state index contributed by atoms with van der Waals surface area (Å²) in [4.78, 5) is 41.5. The second kappa shape index (κ2) is 14.8. The number of cyclic esters (lactones) is 4. The summed E-state index contributed by atoms with van der Waals surface area (Å²) >= 11 is 0. The highest BCUT2D eigenvalue weighted by Crippen LogP contribution is 2.14. The van der Waals surface area contributed by atoms with Crippen molar-refractivity contribution in [2.24, 2.45) is 11.8 Å². The number of ether oxygens (including phenoxy) is 4. The van der Waals surface area contributed by atoms with Crippen LogP contribution in [-0.4, -0.2) is 49.3 Å². The fraction of sp³-hybridized carbons (Fsp3) is 0.826. The van der Waals surface area contributed by atoms with Crippen molar-refractivity contribution in [1.82, 2.24) is 0 Å². The number of esters is 4. The maximum absolute atomic E-state index is 10.5. The van der Waals surface area contributed by atoms with Crippen molar-refractivity contribution in [2.75, 3.05) is 13.2 Å². The fourth-order valence-electron chi connectivity index (χ4n) is 3.11. The number of rotatable bonds is 0. The van der Waals surface area contributed by atoms with Gasteiger partial charge < -0.3 is 18.9 Å². The van der Waals surface area contributed by atoms with Crippen LogP contribution in [0.25, 0.3) is 0 Å². The largest absolute Gasteiger partial charge is 0.466 e. The van der Waals surface area contributed by atoms with E-state index in [0.717, 1.165) is 32.1 Å². The van der Waals surface area contributed by atoms with Crippen LogP contribution in [0.1, 0.15) is 85.5 Å². The molecule has 0 radical (unpaired) electrons. The van der Waals surface area contributed by atoms with E-state index < -0.39 is 0 Å². The lowest BCUT2D eigenvalue weighted by Crippen LogP contribution is -2.19. The van der Waals surface area contributed by atoms with E-state index in [9.17, 15) is 19.2 Å². The Hall–Kier alpha value is -2.12. The minimum atomic E-state index is -0.0486. The third-order valence-corrected chi connectivity index (χ3v) is 5.17. The van der Waals surface area contributed by atoms with Crippen molar-refractivity contribution >= 4 is 23.9 Å². The molecule has 0 saturated carbocycles. The highest BCUT2D eigenvalue weighted by Gasteiger charge is 2.18. The van der Waals surface area contributed by atoms with E-state index in [2.05, 4.69) is 13.8 Å². The monoisotopic (exact) mass is 442 g/mol. The zero-order chi connectivity index (χ0) is 23.2. The zero-order valence-electron chi connectivity index (χ0n) is 19.4. The van der Waals surface area contributed by atoms with Crippen LogP contribution in [0.15, 0.2) is 0 Å². The molecule has 0 aromatic rings. The van der Waals surface area contributed by atoms with Gasteiger partial charge in [-0.2, -0.15) is 0 Å². The predicted molar refractivity (Wildman–Crippen MR) is 113 cm³/mol. The normalized spacial score (nSPS) is 29.8. The molecule has 4 heterocycles. The molecule has 4 atom stereocenters. The summed E-state index contributed by atoms with van der Waals surface area (Å²) in [5.74, 6) is 0.951. The molecule has 0 aromatic heterocycles. The number of carbonyl (C=O) groups excluding carboxylic acids is 4. The van der Waals surface area contributed by atoms with Crippen LogP contribution in [0.5, 0.6) is 0 Å². The van der Waals surface area contributed by atoms with E-state index in [1.807, 2.05) is 13.8 Å². The van der Waals surface area contributed by atoms with Gasteiger partial charge in [-0.3, -0.25) is 19.2 Å². The molecule has 0 aromatic carbocycles. The topological polar surface area (TPSA) is 105 Å². The van der Waals surface area contributed by atoms with E-state index >= 15 is 0 Å². The molecule has 0 N–H and O–H groups in total. The first kappa shape index (κ1) is 26.9. The Morgan fingerprint density at radius 1 is 0.613 bits per heavy atom. The molecule has 8 heteroatoms. The highest BCUT2D eigenvalue weighted by molar-refractivity contribution is 5.71. The Morgan fingerprint density at radius 2 is 1.23 bits per heavy atom. The molecule has 4 rings (SSSR count). The van der Waals surface area contributed by atoms with Crippen molar-refractivity contribution in [2.45, 2.75) is 97.7 Å². The van der Waals surface area contributed by atoms with Crippen molar-refractivity contribution < 1.29 is 38.1 Å². The van der Waals surface area contributed by atoms with E-state index in [1.54, 1.807) is 0 Å².